The lowest BCUT2D eigenvalue weighted by atomic mass is 10.1. The van der Waals surface area contributed by atoms with Crippen molar-refractivity contribution in [3.05, 3.63) is 65.2 Å². The van der Waals surface area contributed by atoms with E-state index in [1.54, 1.807) is 7.11 Å². The number of hydrogen-bond donors (Lipinski definition) is 1. The standard InChI is InChI=1S/C20H26N2O2/c1-15-9-5-6-11-18(15)14-22(3)16(2)20(23)21-13-17-10-7-8-12-19(17)24-4/h5-12,16H,13-14H2,1-4H3,(H,21,23). The van der Waals surface area contributed by atoms with Crippen LogP contribution in [0.2, 0.25) is 0 Å². The first-order valence-electron chi connectivity index (χ1n) is 8.17. The van der Waals surface area contributed by atoms with Gasteiger partial charge in [-0.25, -0.2) is 0 Å². The van der Waals surface area contributed by atoms with E-state index in [2.05, 4.69) is 29.3 Å². The molecule has 0 fully saturated rings. The second-order valence-electron chi connectivity index (χ2n) is 6.05. The van der Waals surface area contributed by atoms with Crippen LogP contribution in [-0.4, -0.2) is 31.0 Å². The Morgan fingerprint density at radius 1 is 1.12 bits per heavy atom. The summed E-state index contributed by atoms with van der Waals surface area (Å²) in [5.41, 5.74) is 3.46. The maximum atomic E-state index is 12.4. The summed E-state index contributed by atoms with van der Waals surface area (Å²) in [5.74, 6) is 0.802. The molecule has 2 rings (SSSR count). The molecule has 0 radical (unpaired) electrons. The van der Waals surface area contributed by atoms with Crippen molar-refractivity contribution in [1.82, 2.24) is 10.2 Å². The van der Waals surface area contributed by atoms with E-state index in [4.69, 9.17) is 4.74 Å². The molecule has 0 heterocycles. The van der Waals surface area contributed by atoms with Crippen molar-refractivity contribution in [2.45, 2.75) is 33.0 Å². The summed E-state index contributed by atoms with van der Waals surface area (Å²) >= 11 is 0. The van der Waals surface area contributed by atoms with E-state index in [9.17, 15) is 4.79 Å². The molecule has 0 saturated carbocycles. The highest BCUT2D eigenvalue weighted by atomic mass is 16.5. The number of carbonyl (C=O) groups excluding carboxylic acids is 1. The molecule has 0 aliphatic heterocycles. The van der Waals surface area contributed by atoms with Crippen LogP contribution in [0.5, 0.6) is 5.75 Å². The van der Waals surface area contributed by atoms with Crippen LogP contribution in [0.4, 0.5) is 0 Å². The van der Waals surface area contributed by atoms with Crippen LogP contribution in [-0.2, 0) is 17.9 Å². The lowest BCUT2D eigenvalue weighted by Gasteiger charge is -2.24. The number of carbonyl (C=O) groups is 1. The summed E-state index contributed by atoms with van der Waals surface area (Å²) in [5, 5.41) is 2.99. The highest BCUT2D eigenvalue weighted by molar-refractivity contribution is 5.81. The van der Waals surface area contributed by atoms with Gasteiger partial charge in [-0.2, -0.15) is 0 Å². The summed E-state index contributed by atoms with van der Waals surface area (Å²) in [7, 11) is 3.61. The Bertz CT molecular complexity index is 685. The Labute approximate surface area is 144 Å². The topological polar surface area (TPSA) is 41.6 Å². The minimum absolute atomic E-state index is 0.0111. The lowest BCUT2D eigenvalue weighted by Crippen LogP contribution is -2.42. The molecule has 0 saturated heterocycles. The minimum atomic E-state index is -0.209. The number of ether oxygens (including phenoxy) is 1. The molecule has 2 aromatic rings. The highest BCUT2D eigenvalue weighted by Crippen LogP contribution is 2.17. The van der Waals surface area contributed by atoms with Gasteiger partial charge in [0.15, 0.2) is 0 Å². The maximum absolute atomic E-state index is 12.4. The van der Waals surface area contributed by atoms with E-state index >= 15 is 0 Å². The van der Waals surface area contributed by atoms with Crippen molar-refractivity contribution in [1.29, 1.82) is 0 Å². The normalized spacial score (nSPS) is 12.0. The SMILES string of the molecule is COc1ccccc1CNC(=O)C(C)N(C)Cc1ccccc1C. The number of likely N-dealkylation sites (N-methyl/N-ethyl adjacent to an activating group) is 1. The largest absolute Gasteiger partial charge is 0.496 e. The molecule has 0 bridgehead atoms. The van der Waals surface area contributed by atoms with Gasteiger partial charge in [0.1, 0.15) is 5.75 Å². The number of benzene rings is 2. The second-order valence-corrected chi connectivity index (χ2v) is 6.05. The van der Waals surface area contributed by atoms with Crippen molar-refractivity contribution in [3.8, 4) is 5.75 Å². The zero-order valence-corrected chi connectivity index (χ0v) is 14.9. The second kappa shape index (κ2) is 8.50. The van der Waals surface area contributed by atoms with E-state index in [1.807, 2.05) is 50.4 Å². The fourth-order valence-electron chi connectivity index (χ4n) is 2.57. The zero-order chi connectivity index (χ0) is 17.5. The molecule has 0 aliphatic carbocycles. The van der Waals surface area contributed by atoms with Crippen molar-refractivity contribution < 1.29 is 9.53 Å². The van der Waals surface area contributed by atoms with Crippen LogP contribution in [0.15, 0.2) is 48.5 Å². The Morgan fingerprint density at radius 3 is 2.42 bits per heavy atom. The van der Waals surface area contributed by atoms with Gasteiger partial charge < -0.3 is 10.1 Å². The van der Waals surface area contributed by atoms with Crippen molar-refractivity contribution in [2.24, 2.45) is 0 Å². The number of methoxy groups -OCH3 is 1. The maximum Gasteiger partial charge on any atom is 0.237 e. The molecule has 1 N–H and O–H groups in total. The van der Waals surface area contributed by atoms with E-state index < -0.39 is 0 Å². The third-order valence-electron chi connectivity index (χ3n) is 4.37. The molecular weight excluding hydrogens is 300 g/mol. The van der Waals surface area contributed by atoms with Gasteiger partial charge >= 0.3 is 0 Å². The van der Waals surface area contributed by atoms with Crippen LogP contribution in [0.1, 0.15) is 23.6 Å². The van der Waals surface area contributed by atoms with Crippen molar-refractivity contribution >= 4 is 5.91 Å². The zero-order valence-electron chi connectivity index (χ0n) is 14.9. The van der Waals surface area contributed by atoms with Gasteiger partial charge in [0.25, 0.3) is 0 Å². The van der Waals surface area contributed by atoms with E-state index in [0.29, 0.717) is 6.54 Å². The average molecular weight is 326 g/mol. The van der Waals surface area contributed by atoms with Gasteiger partial charge in [0, 0.05) is 18.7 Å². The summed E-state index contributed by atoms with van der Waals surface area (Å²) in [6.07, 6.45) is 0. The molecule has 2 aromatic carbocycles. The quantitative estimate of drug-likeness (QED) is 0.850. The number of hydrogen-bond acceptors (Lipinski definition) is 3. The molecule has 0 aliphatic rings. The monoisotopic (exact) mass is 326 g/mol. The molecule has 0 aromatic heterocycles. The number of nitrogens with one attached hydrogen (secondary N) is 1. The molecular formula is C20H26N2O2. The van der Waals surface area contributed by atoms with Gasteiger partial charge in [-0.15, -0.1) is 0 Å². The van der Waals surface area contributed by atoms with E-state index in [1.165, 1.54) is 11.1 Å². The Balaban J connectivity index is 1.93. The summed E-state index contributed by atoms with van der Waals surface area (Å²) in [4.78, 5) is 14.5. The Morgan fingerprint density at radius 2 is 1.75 bits per heavy atom. The number of para-hydroxylation sites is 1. The van der Waals surface area contributed by atoms with E-state index in [-0.39, 0.29) is 11.9 Å². The summed E-state index contributed by atoms with van der Waals surface area (Å²) < 4.78 is 5.32. The fourth-order valence-corrected chi connectivity index (χ4v) is 2.57. The van der Waals surface area contributed by atoms with Gasteiger partial charge in [0.05, 0.1) is 13.2 Å². The van der Waals surface area contributed by atoms with Crippen LogP contribution in [0.3, 0.4) is 0 Å². The average Bonchev–Trinajstić information content (AvgIpc) is 2.61. The molecule has 1 unspecified atom stereocenters. The molecule has 4 heteroatoms. The van der Waals surface area contributed by atoms with Crippen LogP contribution in [0.25, 0.3) is 0 Å². The highest BCUT2D eigenvalue weighted by Gasteiger charge is 2.18. The van der Waals surface area contributed by atoms with Crippen molar-refractivity contribution in [3.63, 3.8) is 0 Å². The smallest absolute Gasteiger partial charge is 0.237 e. The molecule has 128 valence electrons. The van der Waals surface area contributed by atoms with Crippen LogP contribution < -0.4 is 10.1 Å². The van der Waals surface area contributed by atoms with Crippen molar-refractivity contribution in [2.75, 3.05) is 14.2 Å². The van der Waals surface area contributed by atoms with Crippen LogP contribution >= 0.6 is 0 Å². The first kappa shape index (κ1) is 18.0. The predicted octanol–water partition coefficient (Wildman–Crippen LogP) is 3.14. The summed E-state index contributed by atoms with van der Waals surface area (Å²) in [6, 6.07) is 15.8. The molecule has 1 atom stereocenters. The molecule has 4 nitrogen and oxygen atoms in total. The third-order valence-corrected chi connectivity index (χ3v) is 4.37. The van der Waals surface area contributed by atoms with Crippen LogP contribution in [0, 0.1) is 6.92 Å². The first-order valence-corrected chi connectivity index (χ1v) is 8.17. The minimum Gasteiger partial charge on any atom is -0.496 e. The Hall–Kier alpha value is -2.33. The number of amides is 1. The predicted molar refractivity (Wildman–Crippen MR) is 96.9 cm³/mol. The lowest BCUT2D eigenvalue weighted by molar-refractivity contribution is -0.125. The van der Waals surface area contributed by atoms with Gasteiger partial charge in [-0.05, 0) is 38.1 Å². The summed E-state index contributed by atoms with van der Waals surface area (Å²) in [6.45, 7) is 5.23. The Kier molecular flexibility index (Phi) is 6.38. The fraction of sp³-hybridized carbons (Fsp3) is 0.350. The molecule has 0 spiro atoms. The van der Waals surface area contributed by atoms with Gasteiger partial charge in [-0.1, -0.05) is 42.5 Å². The van der Waals surface area contributed by atoms with Gasteiger partial charge in [-0.3, -0.25) is 9.69 Å². The van der Waals surface area contributed by atoms with Gasteiger partial charge in [0.2, 0.25) is 5.91 Å². The third kappa shape index (κ3) is 4.59. The number of nitrogens with zero attached hydrogens (tertiary/aromatic N) is 1. The number of aryl methyl sites for hydroxylation is 1. The first-order chi connectivity index (χ1) is 11.5. The molecule has 24 heavy (non-hydrogen) atoms. The van der Waals surface area contributed by atoms with E-state index in [0.717, 1.165) is 17.9 Å². The number of rotatable bonds is 7. The molecule has 1 amide bonds.